The molecular weight excluding hydrogens is 206 g/mol. The predicted octanol–water partition coefficient (Wildman–Crippen LogP) is 4.88. The Morgan fingerprint density at radius 1 is 1.06 bits per heavy atom. The summed E-state index contributed by atoms with van der Waals surface area (Å²) >= 11 is 0. The third-order valence-corrected chi connectivity index (χ3v) is 3.37. The van der Waals surface area contributed by atoms with Crippen LogP contribution in [-0.2, 0) is 6.42 Å². The van der Waals surface area contributed by atoms with Crippen LogP contribution >= 0.6 is 0 Å². The van der Waals surface area contributed by atoms with Gasteiger partial charge in [0.1, 0.15) is 0 Å². The van der Waals surface area contributed by atoms with Crippen molar-refractivity contribution in [1.82, 2.24) is 0 Å². The molecule has 1 aromatic carbocycles. The van der Waals surface area contributed by atoms with E-state index in [0.29, 0.717) is 12.0 Å². The zero-order valence-electron chi connectivity index (χ0n) is 11.8. The molecule has 1 aromatic rings. The minimum Gasteiger partial charge on any atom is -0.382 e. The first-order valence-electron chi connectivity index (χ1n) is 7.02. The summed E-state index contributed by atoms with van der Waals surface area (Å²) in [7, 11) is 0. The van der Waals surface area contributed by atoms with Crippen molar-refractivity contribution in [3.05, 3.63) is 29.8 Å². The van der Waals surface area contributed by atoms with Crippen LogP contribution in [0.4, 0.5) is 5.69 Å². The molecule has 0 aliphatic heterocycles. The lowest BCUT2D eigenvalue weighted by molar-refractivity contribution is 0.511. The maximum Gasteiger partial charge on any atom is 0.0342 e. The van der Waals surface area contributed by atoms with Gasteiger partial charge < -0.3 is 5.32 Å². The number of hydrogen-bond donors (Lipinski definition) is 1. The van der Waals surface area contributed by atoms with Crippen LogP contribution in [-0.4, -0.2) is 6.04 Å². The molecule has 0 saturated carbocycles. The Morgan fingerprint density at radius 3 is 2.18 bits per heavy atom. The maximum atomic E-state index is 3.61. The summed E-state index contributed by atoms with van der Waals surface area (Å²) in [5.41, 5.74) is 2.71. The normalized spacial score (nSPS) is 12.8. The predicted molar refractivity (Wildman–Crippen MR) is 77.6 cm³/mol. The summed E-state index contributed by atoms with van der Waals surface area (Å²) in [6, 6.07) is 9.53. The number of aryl methyl sites for hydroxylation is 1. The van der Waals surface area contributed by atoms with E-state index in [-0.39, 0.29) is 0 Å². The van der Waals surface area contributed by atoms with Gasteiger partial charge in [-0.05, 0) is 42.9 Å². The largest absolute Gasteiger partial charge is 0.382 e. The molecule has 1 atom stereocenters. The highest BCUT2D eigenvalue weighted by atomic mass is 14.9. The van der Waals surface area contributed by atoms with Crippen LogP contribution in [0, 0.1) is 5.92 Å². The van der Waals surface area contributed by atoms with Crippen LogP contribution < -0.4 is 5.32 Å². The van der Waals surface area contributed by atoms with E-state index < -0.39 is 0 Å². The molecule has 1 unspecified atom stereocenters. The molecule has 96 valence electrons. The second-order valence-corrected chi connectivity index (χ2v) is 5.20. The number of benzene rings is 1. The Labute approximate surface area is 107 Å². The fraction of sp³-hybridized carbons (Fsp3) is 0.625. The molecule has 0 amide bonds. The van der Waals surface area contributed by atoms with Crippen LogP contribution in [0.1, 0.15) is 52.5 Å². The van der Waals surface area contributed by atoms with Crippen molar-refractivity contribution in [2.24, 2.45) is 5.92 Å². The fourth-order valence-electron chi connectivity index (χ4n) is 2.10. The summed E-state index contributed by atoms with van der Waals surface area (Å²) in [5.74, 6) is 0.680. The first kappa shape index (κ1) is 14.1. The Morgan fingerprint density at radius 2 is 1.71 bits per heavy atom. The van der Waals surface area contributed by atoms with Gasteiger partial charge in [-0.2, -0.15) is 0 Å². The first-order chi connectivity index (χ1) is 8.17. The quantitative estimate of drug-likeness (QED) is 0.708. The third kappa shape index (κ3) is 4.80. The van der Waals surface area contributed by atoms with Crippen LogP contribution in [0.3, 0.4) is 0 Å². The number of nitrogens with one attached hydrogen (secondary N) is 1. The van der Waals surface area contributed by atoms with Gasteiger partial charge in [-0.1, -0.05) is 46.2 Å². The van der Waals surface area contributed by atoms with Crippen LogP contribution in [0.2, 0.25) is 0 Å². The standard InChI is InChI=1S/C16H27N/c1-5-7-8-14-9-11-15(12-10-14)17-16(6-2)13(3)4/h9-13,16-17H,5-8H2,1-4H3. The number of hydrogen-bond acceptors (Lipinski definition) is 1. The summed E-state index contributed by atoms with van der Waals surface area (Å²) < 4.78 is 0. The van der Waals surface area contributed by atoms with Crippen molar-refractivity contribution in [1.29, 1.82) is 0 Å². The van der Waals surface area contributed by atoms with Gasteiger partial charge in [0.15, 0.2) is 0 Å². The molecule has 1 heteroatoms. The second-order valence-electron chi connectivity index (χ2n) is 5.20. The minimum atomic E-state index is 0.580. The molecule has 1 N–H and O–H groups in total. The van der Waals surface area contributed by atoms with Gasteiger partial charge in [-0.15, -0.1) is 0 Å². The highest BCUT2D eigenvalue weighted by Gasteiger charge is 2.09. The van der Waals surface area contributed by atoms with E-state index in [9.17, 15) is 0 Å². The van der Waals surface area contributed by atoms with Gasteiger partial charge in [0, 0.05) is 11.7 Å². The topological polar surface area (TPSA) is 12.0 Å². The Hall–Kier alpha value is -0.980. The third-order valence-electron chi connectivity index (χ3n) is 3.37. The van der Waals surface area contributed by atoms with Crippen molar-refractivity contribution in [2.45, 2.75) is 59.4 Å². The van der Waals surface area contributed by atoms with E-state index in [4.69, 9.17) is 0 Å². The molecule has 0 aliphatic rings. The van der Waals surface area contributed by atoms with Gasteiger partial charge in [-0.25, -0.2) is 0 Å². The fourth-order valence-corrected chi connectivity index (χ4v) is 2.10. The van der Waals surface area contributed by atoms with Crippen LogP contribution in [0.25, 0.3) is 0 Å². The molecule has 0 spiro atoms. The van der Waals surface area contributed by atoms with Gasteiger partial charge in [-0.3, -0.25) is 0 Å². The molecule has 1 rings (SSSR count). The summed E-state index contributed by atoms with van der Waals surface area (Å²) in [4.78, 5) is 0. The average Bonchev–Trinajstić information content (AvgIpc) is 2.34. The molecule has 0 radical (unpaired) electrons. The highest BCUT2D eigenvalue weighted by Crippen LogP contribution is 2.16. The van der Waals surface area contributed by atoms with E-state index in [2.05, 4.69) is 57.3 Å². The maximum absolute atomic E-state index is 3.61. The average molecular weight is 233 g/mol. The van der Waals surface area contributed by atoms with Crippen molar-refractivity contribution in [2.75, 3.05) is 5.32 Å². The van der Waals surface area contributed by atoms with Crippen molar-refractivity contribution in [3.8, 4) is 0 Å². The zero-order chi connectivity index (χ0) is 12.7. The number of unbranched alkanes of at least 4 members (excludes halogenated alkanes) is 1. The van der Waals surface area contributed by atoms with Gasteiger partial charge in [0.2, 0.25) is 0 Å². The molecule has 0 heterocycles. The molecular formula is C16H27N. The van der Waals surface area contributed by atoms with E-state index in [1.807, 2.05) is 0 Å². The van der Waals surface area contributed by atoms with Gasteiger partial charge in [0.25, 0.3) is 0 Å². The smallest absolute Gasteiger partial charge is 0.0342 e. The second kappa shape index (κ2) is 7.37. The molecule has 0 bridgehead atoms. The monoisotopic (exact) mass is 233 g/mol. The number of rotatable bonds is 7. The van der Waals surface area contributed by atoms with Gasteiger partial charge in [0.05, 0.1) is 0 Å². The lowest BCUT2D eigenvalue weighted by Crippen LogP contribution is -2.24. The molecule has 0 aromatic heterocycles. The van der Waals surface area contributed by atoms with E-state index in [1.165, 1.54) is 36.9 Å². The minimum absolute atomic E-state index is 0.580. The Bertz CT molecular complexity index is 300. The summed E-state index contributed by atoms with van der Waals surface area (Å²) in [6.45, 7) is 9.03. The van der Waals surface area contributed by atoms with Crippen LogP contribution in [0.15, 0.2) is 24.3 Å². The van der Waals surface area contributed by atoms with Crippen molar-refractivity contribution < 1.29 is 0 Å². The molecule has 0 fully saturated rings. The van der Waals surface area contributed by atoms with Crippen molar-refractivity contribution >= 4 is 5.69 Å². The van der Waals surface area contributed by atoms with E-state index in [1.54, 1.807) is 0 Å². The SMILES string of the molecule is CCCCc1ccc(NC(CC)C(C)C)cc1. The molecule has 1 nitrogen and oxygen atoms in total. The van der Waals surface area contributed by atoms with Crippen LogP contribution in [0.5, 0.6) is 0 Å². The first-order valence-corrected chi connectivity index (χ1v) is 7.02. The van der Waals surface area contributed by atoms with Crippen molar-refractivity contribution in [3.63, 3.8) is 0 Å². The highest BCUT2D eigenvalue weighted by molar-refractivity contribution is 5.45. The zero-order valence-corrected chi connectivity index (χ0v) is 11.8. The Kier molecular flexibility index (Phi) is 6.10. The Balaban J connectivity index is 2.55. The van der Waals surface area contributed by atoms with E-state index in [0.717, 1.165) is 0 Å². The molecule has 0 aliphatic carbocycles. The summed E-state index contributed by atoms with van der Waals surface area (Å²) in [6.07, 6.45) is 4.94. The number of anilines is 1. The lowest BCUT2D eigenvalue weighted by atomic mass is 10.0. The lowest BCUT2D eigenvalue weighted by Gasteiger charge is -2.22. The summed E-state index contributed by atoms with van der Waals surface area (Å²) in [5, 5.41) is 3.61. The van der Waals surface area contributed by atoms with E-state index >= 15 is 0 Å². The molecule has 17 heavy (non-hydrogen) atoms. The molecule has 0 saturated heterocycles. The van der Waals surface area contributed by atoms with Gasteiger partial charge >= 0.3 is 0 Å².